The minimum absolute atomic E-state index is 0.109. The number of benzene rings is 2. The summed E-state index contributed by atoms with van der Waals surface area (Å²) in [5.41, 5.74) is 0.540. The van der Waals surface area contributed by atoms with Crippen molar-refractivity contribution in [3.05, 3.63) is 65.5 Å². The molecule has 0 spiro atoms. The van der Waals surface area contributed by atoms with Crippen molar-refractivity contribution in [2.24, 2.45) is 0 Å². The van der Waals surface area contributed by atoms with Crippen molar-refractivity contribution >= 4 is 0 Å². The standard InChI is InChI=1S/C20H24FNO3/c1-14(19(24)15-2-8-18(23)9-3-15)22-12-10-20(25,11-13-22)16-4-6-17(21)7-5-16/h2-9,14,19,23-25H,10-13H2,1H3/t14-,19-/m1/s1. The number of rotatable bonds is 4. The normalized spacial score (nSPS) is 20.2. The average molecular weight is 345 g/mol. The van der Waals surface area contributed by atoms with Gasteiger partial charge in [-0.2, -0.15) is 0 Å². The summed E-state index contributed by atoms with van der Waals surface area (Å²) in [4.78, 5) is 2.15. The van der Waals surface area contributed by atoms with E-state index in [1.165, 1.54) is 12.1 Å². The Hall–Kier alpha value is -1.95. The molecule has 1 aliphatic heterocycles. The number of halogens is 1. The first-order valence-electron chi connectivity index (χ1n) is 8.58. The second-order valence-corrected chi connectivity index (χ2v) is 6.85. The zero-order valence-electron chi connectivity index (χ0n) is 14.3. The number of phenols is 1. The predicted octanol–water partition coefficient (Wildman–Crippen LogP) is 2.94. The molecule has 1 fully saturated rings. The fraction of sp³-hybridized carbons (Fsp3) is 0.400. The fourth-order valence-corrected chi connectivity index (χ4v) is 3.50. The van der Waals surface area contributed by atoms with Crippen molar-refractivity contribution < 1.29 is 19.7 Å². The second kappa shape index (κ2) is 7.12. The molecule has 3 rings (SSSR count). The van der Waals surface area contributed by atoms with Crippen LogP contribution in [0.2, 0.25) is 0 Å². The van der Waals surface area contributed by atoms with Crippen LogP contribution in [0.5, 0.6) is 5.75 Å². The van der Waals surface area contributed by atoms with E-state index in [2.05, 4.69) is 4.90 Å². The SMILES string of the molecule is C[C@H]([C@@H](O)c1ccc(O)cc1)N1CCC(O)(c2ccc(F)cc2)CC1. The Balaban J connectivity index is 1.64. The highest BCUT2D eigenvalue weighted by Crippen LogP contribution is 2.35. The minimum Gasteiger partial charge on any atom is -0.508 e. The lowest BCUT2D eigenvalue weighted by molar-refractivity contribution is -0.0502. The zero-order valence-corrected chi connectivity index (χ0v) is 14.3. The van der Waals surface area contributed by atoms with Crippen LogP contribution in [0.1, 0.15) is 37.0 Å². The van der Waals surface area contributed by atoms with Gasteiger partial charge in [0.1, 0.15) is 11.6 Å². The van der Waals surface area contributed by atoms with Crippen molar-refractivity contribution in [1.29, 1.82) is 0 Å². The van der Waals surface area contributed by atoms with Crippen LogP contribution in [0, 0.1) is 5.82 Å². The molecule has 0 radical (unpaired) electrons. The Labute approximate surface area is 147 Å². The third-order valence-electron chi connectivity index (χ3n) is 5.27. The molecule has 1 saturated heterocycles. The predicted molar refractivity (Wildman–Crippen MR) is 93.6 cm³/mol. The molecule has 0 aromatic heterocycles. The van der Waals surface area contributed by atoms with Crippen LogP contribution in [-0.4, -0.2) is 39.4 Å². The molecule has 25 heavy (non-hydrogen) atoms. The van der Waals surface area contributed by atoms with E-state index in [-0.39, 0.29) is 17.6 Å². The summed E-state index contributed by atoms with van der Waals surface area (Å²) < 4.78 is 13.1. The summed E-state index contributed by atoms with van der Waals surface area (Å²) in [5, 5.41) is 30.8. The first-order chi connectivity index (χ1) is 11.9. The number of aliphatic hydroxyl groups is 2. The summed E-state index contributed by atoms with van der Waals surface area (Å²) in [7, 11) is 0. The van der Waals surface area contributed by atoms with E-state index in [4.69, 9.17) is 0 Å². The fourth-order valence-electron chi connectivity index (χ4n) is 3.50. The van der Waals surface area contributed by atoms with Crippen molar-refractivity contribution in [3.63, 3.8) is 0 Å². The molecule has 1 heterocycles. The van der Waals surface area contributed by atoms with Crippen molar-refractivity contribution in [1.82, 2.24) is 4.90 Å². The number of nitrogens with zero attached hydrogens (tertiary/aromatic N) is 1. The van der Waals surface area contributed by atoms with Gasteiger partial charge in [-0.15, -0.1) is 0 Å². The molecule has 0 bridgehead atoms. The van der Waals surface area contributed by atoms with Crippen LogP contribution in [-0.2, 0) is 5.60 Å². The molecule has 2 aromatic rings. The summed E-state index contributed by atoms with van der Waals surface area (Å²) in [6.45, 7) is 3.24. The number of likely N-dealkylation sites (tertiary alicyclic amines) is 1. The maximum atomic E-state index is 13.1. The molecular formula is C20H24FNO3. The van der Waals surface area contributed by atoms with Gasteiger partial charge in [-0.25, -0.2) is 4.39 Å². The number of aromatic hydroxyl groups is 1. The Morgan fingerprint density at radius 2 is 1.56 bits per heavy atom. The Bertz CT molecular complexity index is 694. The molecule has 1 aliphatic rings. The molecule has 134 valence electrons. The summed E-state index contributed by atoms with van der Waals surface area (Å²) >= 11 is 0. The highest BCUT2D eigenvalue weighted by Gasteiger charge is 2.36. The van der Waals surface area contributed by atoms with Crippen molar-refractivity contribution in [3.8, 4) is 5.75 Å². The number of piperidine rings is 1. The summed E-state index contributed by atoms with van der Waals surface area (Å²) in [6, 6.07) is 12.5. The van der Waals surface area contributed by atoms with Crippen molar-refractivity contribution in [2.75, 3.05) is 13.1 Å². The minimum atomic E-state index is -0.951. The lowest BCUT2D eigenvalue weighted by atomic mass is 9.83. The maximum absolute atomic E-state index is 13.1. The first-order valence-corrected chi connectivity index (χ1v) is 8.58. The molecular weight excluding hydrogens is 321 g/mol. The molecule has 2 aromatic carbocycles. The van der Waals surface area contributed by atoms with Gasteiger partial charge in [-0.1, -0.05) is 24.3 Å². The summed E-state index contributed by atoms with van der Waals surface area (Å²) in [5.74, 6) is -0.138. The lowest BCUT2D eigenvalue weighted by Gasteiger charge is -2.42. The second-order valence-electron chi connectivity index (χ2n) is 6.85. The molecule has 3 N–H and O–H groups in total. The molecule has 2 atom stereocenters. The van der Waals surface area contributed by atoms with Gasteiger partial charge < -0.3 is 15.3 Å². The zero-order chi connectivity index (χ0) is 18.0. The molecule has 0 saturated carbocycles. The molecule has 0 unspecified atom stereocenters. The van der Waals surface area contributed by atoms with Gasteiger partial charge in [-0.3, -0.25) is 4.90 Å². The van der Waals surface area contributed by atoms with E-state index in [0.717, 1.165) is 11.1 Å². The van der Waals surface area contributed by atoms with E-state index in [1.807, 2.05) is 6.92 Å². The van der Waals surface area contributed by atoms with E-state index in [1.54, 1.807) is 36.4 Å². The van der Waals surface area contributed by atoms with E-state index >= 15 is 0 Å². The molecule has 5 heteroatoms. The highest BCUT2D eigenvalue weighted by molar-refractivity contribution is 5.28. The Morgan fingerprint density at radius 1 is 1.00 bits per heavy atom. The van der Waals surface area contributed by atoms with Crippen molar-refractivity contribution in [2.45, 2.75) is 37.5 Å². The summed E-state index contributed by atoms with van der Waals surface area (Å²) in [6.07, 6.45) is 0.397. The van der Waals surface area contributed by atoms with Gasteiger partial charge in [0.25, 0.3) is 0 Å². The molecule has 0 aliphatic carbocycles. The van der Waals surface area contributed by atoms with Gasteiger partial charge >= 0.3 is 0 Å². The molecule has 0 amide bonds. The monoisotopic (exact) mass is 345 g/mol. The van der Waals surface area contributed by atoms with Crippen LogP contribution >= 0.6 is 0 Å². The molecule has 4 nitrogen and oxygen atoms in total. The third-order valence-corrected chi connectivity index (χ3v) is 5.27. The van der Waals surface area contributed by atoms with Crippen LogP contribution in [0.25, 0.3) is 0 Å². The van der Waals surface area contributed by atoms with Crippen LogP contribution in [0.4, 0.5) is 4.39 Å². The van der Waals surface area contributed by atoms with Gasteiger partial charge in [0.05, 0.1) is 11.7 Å². The first kappa shape index (κ1) is 17.9. The Morgan fingerprint density at radius 3 is 2.12 bits per heavy atom. The number of aliphatic hydroxyl groups excluding tert-OH is 1. The number of phenolic OH excluding ortho intramolecular Hbond substituents is 1. The van der Waals surface area contributed by atoms with E-state index in [9.17, 15) is 19.7 Å². The number of hydrogen-bond acceptors (Lipinski definition) is 4. The van der Waals surface area contributed by atoms with Crippen LogP contribution < -0.4 is 0 Å². The smallest absolute Gasteiger partial charge is 0.123 e. The van der Waals surface area contributed by atoms with Gasteiger partial charge in [0.15, 0.2) is 0 Å². The Kier molecular flexibility index (Phi) is 5.08. The van der Waals surface area contributed by atoms with Crippen LogP contribution in [0.15, 0.2) is 48.5 Å². The maximum Gasteiger partial charge on any atom is 0.123 e. The van der Waals surface area contributed by atoms with E-state index in [0.29, 0.717) is 25.9 Å². The van der Waals surface area contributed by atoms with E-state index < -0.39 is 11.7 Å². The average Bonchev–Trinajstić information content (AvgIpc) is 2.62. The lowest BCUT2D eigenvalue weighted by Crippen LogP contribution is -2.47. The van der Waals surface area contributed by atoms with Crippen LogP contribution in [0.3, 0.4) is 0 Å². The topological polar surface area (TPSA) is 63.9 Å². The van der Waals surface area contributed by atoms with Gasteiger partial charge in [0.2, 0.25) is 0 Å². The third kappa shape index (κ3) is 3.84. The van der Waals surface area contributed by atoms with Gasteiger partial charge in [-0.05, 0) is 55.2 Å². The highest BCUT2D eigenvalue weighted by atomic mass is 19.1. The quantitative estimate of drug-likeness (QED) is 0.797. The van der Waals surface area contributed by atoms with Gasteiger partial charge in [0, 0.05) is 19.1 Å². The largest absolute Gasteiger partial charge is 0.508 e. The number of hydrogen-bond donors (Lipinski definition) is 3.